The maximum absolute atomic E-state index is 11.6. The SMILES string of the molecule is CCCCOC(=O)C(N)c1ccc(OC)cc1. The maximum atomic E-state index is 11.6. The van der Waals surface area contributed by atoms with Crippen LogP contribution >= 0.6 is 0 Å². The second-order valence-electron chi connectivity index (χ2n) is 3.77. The Bertz CT molecular complexity index is 348. The van der Waals surface area contributed by atoms with E-state index in [0.29, 0.717) is 6.61 Å². The summed E-state index contributed by atoms with van der Waals surface area (Å²) in [6.45, 7) is 2.47. The molecule has 2 N–H and O–H groups in total. The van der Waals surface area contributed by atoms with Crippen LogP contribution in [0, 0.1) is 0 Å². The molecule has 0 spiro atoms. The summed E-state index contributed by atoms with van der Waals surface area (Å²) >= 11 is 0. The molecule has 0 fully saturated rings. The quantitative estimate of drug-likeness (QED) is 0.607. The number of carbonyl (C=O) groups excluding carboxylic acids is 1. The number of unbranched alkanes of at least 4 members (excludes halogenated alkanes) is 1. The normalized spacial score (nSPS) is 11.9. The van der Waals surface area contributed by atoms with Gasteiger partial charge in [0.1, 0.15) is 11.8 Å². The monoisotopic (exact) mass is 237 g/mol. The van der Waals surface area contributed by atoms with Crippen LogP contribution in [0.1, 0.15) is 31.4 Å². The van der Waals surface area contributed by atoms with E-state index in [9.17, 15) is 4.79 Å². The Balaban J connectivity index is 2.55. The van der Waals surface area contributed by atoms with Crippen LogP contribution in [0.3, 0.4) is 0 Å². The van der Waals surface area contributed by atoms with Gasteiger partial charge in [-0.25, -0.2) is 4.79 Å². The molecule has 1 aromatic rings. The fourth-order valence-corrected chi connectivity index (χ4v) is 1.35. The van der Waals surface area contributed by atoms with Gasteiger partial charge in [-0.3, -0.25) is 0 Å². The van der Waals surface area contributed by atoms with E-state index in [2.05, 4.69) is 0 Å². The highest BCUT2D eigenvalue weighted by atomic mass is 16.5. The molecule has 1 atom stereocenters. The summed E-state index contributed by atoms with van der Waals surface area (Å²) in [5.41, 5.74) is 6.53. The predicted molar refractivity (Wildman–Crippen MR) is 65.8 cm³/mol. The number of hydrogen-bond acceptors (Lipinski definition) is 4. The van der Waals surface area contributed by atoms with Crippen molar-refractivity contribution in [3.63, 3.8) is 0 Å². The van der Waals surface area contributed by atoms with E-state index in [0.717, 1.165) is 24.2 Å². The molecule has 4 nitrogen and oxygen atoms in total. The first kappa shape index (κ1) is 13.5. The zero-order valence-electron chi connectivity index (χ0n) is 10.3. The van der Waals surface area contributed by atoms with Crippen molar-refractivity contribution in [2.45, 2.75) is 25.8 Å². The number of hydrogen-bond donors (Lipinski definition) is 1. The Morgan fingerprint density at radius 1 is 1.35 bits per heavy atom. The van der Waals surface area contributed by atoms with E-state index in [-0.39, 0.29) is 5.97 Å². The van der Waals surface area contributed by atoms with Gasteiger partial charge in [0.2, 0.25) is 0 Å². The lowest BCUT2D eigenvalue weighted by molar-refractivity contribution is -0.145. The van der Waals surface area contributed by atoms with Crippen LogP contribution in [0.25, 0.3) is 0 Å². The number of ether oxygens (including phenoxy) is 2. The Kier molecular flexibility index (Phi) is 5.49. The number of nitrogens with two attached hydrogens (primary N) is 1. The third kappa shape index (κ3) is 4.07. The fourth-order valence-electron chi connectivity index (χ4n) is 1.35. The Hall–Kier alpha value is -1.55. The lowest BCUT2D eigenvalue weighted by atomic mass is 10.1. The van der Waals surface area contributed by atoms with Gasteiger partial charge in [0.05, 0.1) is 13.7 Å². The molecule has 4 heteroatoms. The zero-order valence-corrected chi connectivity index (χ0v) is 10.3. The van der Waals surface area contributed by atoms with Gasteiger partial charge in [0.15, 0.2) is 0 Å². The van der Waals surface area contributed by atoms with Gasteiger partial charge < -0.3 is 15.2 Å². The highest BCUT2D eigenvalue weighted by Gasteiger charge is 2.16. The van der Waals surface area contributed by atoms with E-state index in [1.165, 1.54) is 0 Å². The molecule has 1 unspecified atom stereocenters. The highest BCUT2D eigenvalue weighted by molar-refractivity contribution is 5.77. The first-order valence-corrected chi connectivity index (χ1v) is 5.75. The molecule has 0 aliphatic rings. The van der Waals surface area contributed by atoms with Crippen LogP contribution < -0.4 is 10.5 Å². The molecule has 0 saturated heterocycles. The maximum Gasteiger partial charge on any atom is 0.327 e. The van der Waals surface area contributed by atoms with Crippen molar-refractivity contribution < 1.29 is 14.3 Å². The third-order valence-electron chi connectivity index (χ3n) is 2.47. The largest absolute Gasteiger partial charge is 0.497 e. The third-order valence-corrected chi connectivity index (χ3v) is 2.47. The van der Waals surface area contributed by atoms with Gasteiger partial charge in [-0.05, 0) is 24.1 Å². The molecule has 0 aliphatic carbocycles. The summed E-state index contributed by atoms with van der Waals surface area (Å²) < 4.78 is 10.1. The lowest BCUT2D eigenvalue weighted by Crippen LogP contribution is -2.24. The molecule has 0 amide bonds. The van der Waals surface area contributed by atoms with Crippen molar-refractivity contribution in [3.8, 4) is 5.75 Å². The number of carbonyl (C=O) groups is 1. The second kappa shape index (κ2) is 6.91. The molecule has 0 bridgehead atoms. The van der Waals surface area contributed by atoms with Crippen molar-refractivity contribution in [2.75, 3.05) is 13.7 Å². The average Bonchev–Trinajstić information content (AvgIpc) is 2.38. The van der Waals surface area contributed by atoms with E-state index < -0.39 is 6.04 Å². The van der Waals surface area contributed by atoms with Crippen molar-refractivity contribution in [3.05, 3.63) is 29.8 Å². The van der Waals surface area contributed by atoms with Gasteiger partial charge >= 0.3 is 5.97 Å². The molecule has 0 radical (unpaired) electrons. The Morgan fingerprint density at radius 3 is 2.53 bits per heavy atom. The topological polar surface area (TPSA) is 61.5 Å². The van der Waals surface area contributed by atoms with Gasteiger partial charge in [-0.2, -0.15) is 0 Å². The van der Waals surface area contributed by atoms with E-state index in [1.54, 1.807) is 31.4 Å². The molecule has 1 aromatic carbocycles. The number of methoxy groups -OCH3 is 1. The Morgan fingerprint density at radius 2 is 2.00 bits per heavy atom. The molecule has 0 heterocycles. The van der Waals surface area contributed by atoms with Gasteiger partial charge in [-0.15, -0.1) is 0 Å². The van der Waals surface area contributed by atoms with Crippen LogP contribution in [0.5, 0.6) is 5.75 Å². The zero-order chi connectivity index (χ0) is 12.7. The average molecular weight is 237 g/mol. The van der Waals surface area contributed by atoms with Gasteiger partial charge in [-0.1, -0.05) is 25.5 Å². The van der Waals surface area contributed by atoms with Gasteiger partial charge in [0, 0.05) is 0 Å². The summed E-state index contributed by atoms with van der Waals surface area (Å²) in [5.74, 6) is 0.351. The molecule has 17 heavy (non-hydrogen) atoms. The Labute approximate surface area is 102 Å². The number of rotatable bonds is 6. The van der Waals surface area contributed by atoms with Gasteiger partial charge in [0.25, 0.3) is 0 Å². The fraction of sp³-hybridized carbons (Fsp3) is 0.462. The van der Waals surface area contributed by atoms with Crippen LogP contribution in [0.2, 0.25) is 0 Å². The smallest absolute Gasteiger partial charge is 0.327 e. The van der Waals surface area contributed by atoms with Crippen molar-refractivity contribution in [2.24, 2.45) is 5.73 Å². The number of benzene rings is 1. The van der Waals surface area contributed by atoms with Crippen LogP contribution in [0.15, 0.2) is 24.3 Å². The highest BCUT2D eigenvalue weighted by Crippen LogP contribution is 2.17. The minimum atomic E-state index is -0.724. The molecule has 94 valence electrons. The molecule has 1 rings (SSSR count). The molecule has 0 saturated carbocycles. The molecule has 0 aromatic heterocycles. The van der Waals surface area contributed by atoms with E-state index in [1.807, 2.05) is 6.92 Å². The predicted octanol–water partition coefficient (Wildman–Crippen LogP) is 2.04. The van der Waals surface area contributed by atoms with E-state index >= 15 is 0 Å². The van der Waals surface area contributed by atoms with Crippen molar-refractivity contribution in [1.29, 1.82) is 0 Å². The van der Waals surface area contributed by atoms with Crippen LogP contribution in [0.4, 0.5) is 0 Å². The summed E-state index contributed by atoms with van der Waals surface area (Å²) in [5, 5.41) is 0. The molecular formula is C13H19NO3. The summed E-state index contributed by atoms with van der Waals surface area (Å²) in [6.07, 6.45) is 1.85. The first-order chi connectivity index (χ1) is 8.19. The molecular weight excluding hydrogens is 218 g/mol. The summed E-state index contributed by atoms with van der Waals surface area (Å²) in [7, 11) is 1.59. The lowest BCUT2D eigenvalue weighted by Gasteiger charge is -2.12. The summed E-state index contributed by atoms with van der Waals surface area (Å²) in [6, 6.07) is 6.36. The van der Waals surface area contributed by atoms with Crippen LogP contribution in [-0.4, -0.2) is 19.7 Å². The van der Waals surface area contributed by atoms with Crippen LogP contribution in [-0.2, 0) is 9.53 Å². The minimum Gasteiger partial charge on any atom is -0.497 e. The van der Waals surface area contributed by atoms with Crippen molar-refractivity contribution >= 4 is 5.97 Å². The number of esters is 1. The standard InChI is InChI=1S/C13H19NO3/c1-3-4-9-17-13(15)12(14)10-5-7-11(16-2)8-6-10/h5-8,12H,3-4,9,14H2,1-2H3. The second-order valence-corrected chi connectivity index (χ2v) is 3.77. The molecule has 0 aliphatic heterocycles. The van der Waals surface area contributed by atoms with E-state index in [4.69, 9.17) is 15.2 Å². The first-order valence-electron chi connectivity index (χ1n) is 5.75. The van der Waals surface area contributed by atoms with Crippen molar-refractivity contribution in [1.82, 2.24) is 0 Å². The summed E-state index contributed by atoms with van der Waals surface area (Å²) in [4.78, 5) is 11.6. The minimum absolute atomic E-state index is 0.386.